The van der Waals surface area contributed by atoms with E-state index in [1.165, 1.54) is 0 Å². The molecule has 5 rings (SSSR count). The lowest BCUT2D eigenvalue weighted by atomic mass is 10.1. The van der Waals surface area contributed by atoms with Gasteiger partial charge >= 0.3 is 6.09 Å². The SMILES string of the molecule is O=C(O)Nc1nc2ccc(-c3coc(Cc4n[nH]c(=O)c5ccccc45)c3)cc2[nH]1. The summed E-state index contributed by atoms with van der Waals surface area (Å²) in [6.07, 6.45) is 0.894. The summed E-state index contributed by atoms with van der Waals surface area (Å²) in [5.41, 5.74) is 3.60. The first-order chi connectivity index (χ1) is 14.6. The first kappa shape index (κ1) is 17.7. The third-order valence-electron chi connectivity index (χ3n) is 4.81. The van der Waals surface area contributed by atoms with E-state index >= 15 is 0 Å². The molecular formula is C21H15N5O4. The number of hydrogen-bond acceptors (Lipinski definition) is 5. The zero-order chi connectivity index (χ0) is 20.7. The number of aromatic nitrogens is 4. The molecule has 1 amide bonds. The summed E-state index contributed by atoms with van der Waals surface area (Å²) < 4.78 is 5.72. The van der Waals surface area contributed by atoms with Crippen molar-refractivity contribution in [3.05, 3.63) is 76.6 Å². The monoisotopic (exact) mass is 401 g/mol. The van der Waals surface area contributed by atoms with Crippen molar-refractivity contribution in [3.8, 4) is 11.1 Å². The van der Waals surface area contributed by atoms with Crippen LogP contribution in [0.2, 0.25) is 0 Å². The average Bonchev–Trinajstić information content (AvgIpc) is 3.35. The molecular weight excluding hydrogens is 386 g/mol. The van der Waals surface area contributed by atoms with Gasteiger partial charge in [-0.3, -0.25) is 10.1 Å². The Morgan fingerprint density at radius 2 is 1.93 bits per heavy atom. The van der Waals surface area contributed by atoms with Crippen molar-refractivity contribution < 1.29 is 14.3 Å². The molecule has 0 saturated carbocycles. The van der Waals surface area contributed by atoms with Crippen LogP contribution in [0.4, 0.5) is 10.7 Å². The van der Waals surface area contributed by atoms with Gasteiger partial charge in [0, 0.05) is 10.9 Å². The number of fused-ring (bicyclic) bond motifs is 2. The van der Waals surface area contributed by atoms with Gasteiger partial charge in [-0.1, -0.05) is 24.3 Å². The minimum atomic E-state index is -1.18. The highest BCUT2D eigenvalue weighted by Crippen LogP contribution is 2.27. The van der Waals surface area contributed by atoms with E-state index in [1.54, 1.807) is 18.4 Å². The number of hydrogen-bond donors (Lipinski definition) is 4. The lowest BCUT2D eigenvalue weighted by Crippen LogP contribution is -2.11. The van der Waals surface area contributed by atoms with Gasteiger partial charge in [-0.15, -0.1) is 0 Å². The second-order valence-corrected chi connectivity index (χ2v) is 6.77. The molecule has 3 aromatic heterocycles. The molecule has 0 bridgehead atoms. The quantitative estimate of drug-likeness (QED) is 0.362. The molecule has 0 spiro atoms. The smallest absolute Gasteiger partial charge is 0.411 e. The van der Waals surface area contributed by atoms with E-state index in [2.05, 4.69) is 25.5 Å². The van der Waals surface area contributed by atoms with Crippen molar-refractivity contribution >= 4 is 33.8 Å². The Morgan fingerprint density at radius 3 is 2.77 bits per heavy atom. The maximum atomic E-state index is 12.0. The number of carbonyl (C=O) groups is 1. The Labute approximate surface area is 168 Å². The summed E-state index contributed by atoms with van der Waals surface area (Å²) in [4.78, 5) is 29.8. The minimum Gasteiger partial charge on any atom is -0.468 e. The number of carboxylic acid groups (broad SMARTS) is 1. The fraction of sp³-hybridized carbons (Fsp3) is 0.0476. The fourth-order valence-electron chi connectivity index (χ4n) is 3.45. The molecule has 0 saturated heterocycles. The number of nitrogens with zero attached hydrogens (tertiary/aromatic N) is 2. The normalized spacial score (nSPS) is 11.2. The molecule has 0 aliphatic carbocycles. The number of nitrogens with one attached hydrogen (secondary N) is 3. The van der Waals surface area contributed by atoms with Gasteiger partial charge in [0.2, 0.25) is 5.95 Å². The second kappa shape index (κ2) is 6.89. The van der Waals surface area contributed by atoms with Crippen LogP contribution >= 0.6 is 0 Å². The predicted molar refractivity (Wildman–Crippen MR) is 111 cm³/mol. The molecule has 2 aromatic carbocycles. The molecule has 9 heteroatoms. The molecule has 0 aliphatic heterocycles. The van der Waals surface area contributed by atoms with E-state index in [0.717, 1.165) is 22.2 Å². The van der Waals surface area contributed by atoms with Crippen molar-refractivity contribution in [2.75, 3.05) is 5.32 Å². The highest BCUT2D eigenvalue weighted by Gasteiger charge is 2.12. The van der Waals surface area contributed by atoms with E-state index < -0.39 is 6.09 Å². The Kier molecular flexibility index (Phi) is 4.06. The molecule has 3 heterocycles. The van der Waals surface area contributed by atoms with Gasteiger partial charge in [0.1, 0.15) is 5.76 Å². The van der Waals surface area contributed by atoms with Crippen molar-refractivity contribution in [1.29, 1.82) is 0 Å². The summed E-state index contributed by atoms with van der Waals surface area (Å²) in [6, 6.07) is 14.8. The van der Waals surface area contributed by atoms with Crippen LogP contribution < -0.4 is 10.9 Å². The van der Waals surface area contributed by atoms with Gasteiger partial charge in [0.15, 0.2) is 0 Å². The van der Waals surface area contributed by atoms with Gasteiger partial charge in [-0.05, 0) is 29.8 Å². The summed E-state index contributed by atoms with van der Waals surface area (Å²) in [6.45, 7) is 0. The molecule has 0 fully saturated rings. The number of furan rings is 1. The van der Waals surface area contributed by atoms with Gasteiger partial charge < -0.3 is 14.5 Å². The number of imidazole rings is 1. The van der Waals surface area contributed by atoms with Crippen molar-refractivity contribution in [2.45, 2.75) is 6.42 Å². The number of aromatic amines is 2. The Hall–Kier alpha value is -4.40. The predicted octanol–water partition coefficient (Wildman–Crippen LogP) is 3.74. The van der Waals surface area contributed by atoms with Crippen LogP contribution in [-0.2, 0) is 6.42 Å². The van der Waals surface area contributed by atoms with Gasteiger partial charge in [-0.2, -0.15) is 5.10 Å². The largest absolute Gasteiger partial charge is 0.468 e. The highest BCUT2D eigenvalue weighted by molar-refractivity contribution is 5.87. The van der Waals surface area contributed by atoms with E-state index in [1.807, 2.05) is 36.4 Å². The molecule has 148 valence electrons. The zero-order valence-corrected chi connectivity index (χ0v) is 15.5. The molecule has 9 nitrogen and oxygen atoms in total. The lowest BCUT2D eigenvalue weighted by molar-refractivity contribution is 0.209. The minimum absolute atomic E-state index is 0.165. The van der Waals surface area contributed by atoms with Crippen molar-refractivity contribution in [3.63, 3.8) is 0 Å². The van der Waals surface area contributed by atoms with Crippen molar-refractivity contribution in [2.24, 2.45) is 0 Å². The van der Waals surface area contributed by atoms with Crippen LogP contribution in [0.15, 0.2) is 64.0 Å². The third kappa shape index (κ3) is 3.18. The molecule has 4 N–H and O–H groups in total. The van der Waals surface area contributed by atoms with E-state index in [9.17, 15) is 9.59 Å². The van der Waals surface area contributed by atoms with E-state index in [-0.39, 0.29) is 11.5 Å². The van der Waals surface area contributed by atoms with Crippen LogP contribution in [0, 0.1) is 0 Å². The number of H-pyrrole nitrogens is 2. The molecule has 0 aliphatic rings. The molecule has 5 aromatic rings. The molecule has 0 unspecified atom stereocenters. The van der Waals surface area contributed by atoms with Gasteiger partial charge in [0.25, 0.3) is 5.56 Å². The standard InChI is InChI=1S/C21H15N5O4/c27-19-15-4-2-1-3-14(15)17(25-26-19)9-13-7-12(10-30-13)11-5-6-16-18(8-11)23-20(22-16)24-21(28)29/h1-8,10H,9H2,(H,26,27)(H,28,29)(H2,22,23,24). The van der Waals surface area contributed by atoms with E-state index in [4.69, 9.17) is 9.52 Å². The van der Waals surface area contributed by atoms with Crippen LogP contribution in [0.25, 0.3) is 32.9 Å². The Bertz CT molecular complexity index is 1460. The molecule has 0 atom stereocenters. The summed E-state index contributed by atoms with van der Waals surface area (Å²) in [5.74, 6) is 0.867. The van der Waals surface area contributed by atoms with E-state index in [0.29, 0.717) is 28.6 Å². The molecule has 0 radical (unpaired) electrons. The Morgan fingerprint density at radius 1 is 1.10 bits per heavy atom. The summed E-state index contributed by atoms with van der Waals surface area (Å²) >= 11 is 0. The van der Waals surface area contributed by atoms with Crippen LogP contribution in [0.1, 0.15) is 11.5 Å². The first-order valence-electron chi connectivity index (χ1n) is 9.10. The van der Waals surface area contributed by atoms with Crippen LogP contribution in [-0.4, -0.2) is 31.4 Å². The highest BCUT2D eigenvalue weighted by atomic mass is 16.4. The van der Waals surface area contributed by atoms with Crippen LogP contribution in [0.5, 0.6) is 0 Å². The number of rotatable bonds is 4. The van der Waals surface area contributed by atoms with Gasteiger partial charge in [0.05, 0.1) is 34.8 Å². The maximum Gasteiger partial charge on any atom is 0.411 e. The van der Waals surface area contributed by atoms with Crippen molar-refractivity contribution in [1.82, 2.24) is 20.2 Å². The third-order valence-corrected chi connectivity index (χ3v) is 4.81. The summed E-state index contributed by atoms with van der Waals surface area (Å²) in [5, 5.41) is 19.1. The second-order valence-electron chi connectivity index (χ2n) is 6.77. The fourth-order valence-corrected chi connectivity index (χ4v) is 3.45. The topological polar surface area (TPSA) is 137 Å². The number of amides is 1. The number of anilines is 1. The molecule has 30 heavy (non-hydrogen) atoms. The average molecular weight is 401 g/mol. The maximum absolute atomic E-state index is 12.0. The van der Waals surface area contributed by atoms with Gasteiger partial charge in [-0.25, -0.2) is 14.9 Å². The zero-order valence-electron chi connectivity index (χ0n) is 15.5. The van der Waals surface area contributed by atoms with Crippen LogP contribution in [0.3, 0.4) is 0 Å². The first-order valence-corrected chi connectivity index (χ1v) is 9.10. The number of benzene rings is 2. The Balaban J connectivity index is 1.45. The summed E-state index contributed by atoms with van der Waals surface area (Å²) in [7, 11) is 0. The lowest BCUT2D eigenvalue weighted by Gasteiger charge is -2.02.